The molecule has 0 saturated heterocycles. The topological polar surface area (TPSA) is 381 Å². The van der Waals surface area contributed by atoms with E-state index < -0.39 is 76.7 Å². The predicted octanol–water partition coefficient (Wildman–Crippen LogP) is 9.64. The number of aliphatic carboxylic acids is 1. The minimum Gasteiger partial charge on any atom is -0.508 e. The average Bonchev–Trinajstić information content (AvgIpc) is 4.06. The van der Waals surface area contributed by atoms with Gasteiger partial charge in [0.05, 0.1) is 23.1 Å². The van der Waals surface area contributed by atoms with E-state index in [2.05, 4.69) is 47.0 Å². The molecular weight excluding hydrogens is 2110 g/mol. The Morgan fingerprint density at radius 2 is 0.811 bits per heavy atom. The van der Waals surface area contributed by atoms with E-state index in [1.807, 2.05) is 26.2 Å². The van der Waals surface area contributed by atoms with Gasteiger partial charge in [-0.1, -0.05) is 64.5 Å². The number of nitrogen functional groups attached to an aromatic ring is 1. The average molecular weight is 2190 g/mol. The Kier molecular flexibility index (Phi) is 45.3. The number of phenols is 4. The van der Waals surface area contributed by atoms with Crippen molar-refractivity contribution in [3.63, 3.8) is 0 Å². The molecule has 480 valence electrons. The molecule has 0 aliphatic carbocycles. The van der Waals surface area contributed by atoms with Crippen molar-refractivity contribution in [1.82, 2.24) is 26.3 Å². The second kappa shape index (κ2) is 44.6. The molecule has 1 heterocycles. The third kappa shape index (κ3) is 42.4. The first-order valence-electron chi connectivity index (χ1n) is 26.7. The van der Waals surface area contributed by atoms with Crippen LogP contribution in [0.15, 0.2) is 102 Å². The van der Waals surface area contributed by atoms with Crippen LogP contribution < -0.4 is 27.0 Å². The molecule has 0 bridgehead atoms. The molecule has 5 rings (SSSR count). The number of nitrogens with zero attached hydrogens (tertiary/aromatic N) is 3. The van der Waals surface area contributed by atoms with E-state index in [4.69, 9.17) is 40.4 Å². The third-order valence-corrected chi connectivity index (χ3v) is 11.8. The minimum atomic E-state index is -1.15. The number of ether oxygens (including phenoxy) is 4. The first-order valence-corrected chi connectivity index (χ1v) is 28.7. The number of nitrogens with two attached hydrogens (primary N) is 1. The molecular formula is C60H79Ac4BrN8O16S. The van der Waals surface area contributed by atoms with Crippen LogP contribution in [-0.2, 0) is 59.0 Å². The van der Waals surface area contributed by atoms with Crippen LogP contribution in [0.4, 0.5) is 24.3 Å². The number of alkyl halides is 1. The first-order chi connectivity index (χ1) is 39.8. The van der Waals surface area contributed by atoms with Crippen LogP contribution in [0.1, 0.15) is 117 Å². The van der Waals surface area contributed by atoms with Crippen LogP contribution in [-0.4, -0.2) is 129 Å². The number of amides is 4. The van der Waals surface area contributed by atoms with Gasteiger partial charge < -0.3 is 77.0 Å². The maximum atomic E-state index is 12.1. The number of aromatic nitrogens is 1. The quantitative estimate of drug-likeness (QED) is 0.0128. The molecule has 4 radical (unpaired) electrons. The molecule has 30 heteroatoms. The molecule has 0 aliphatic heterocycles. The molecule has 1 aromatic heterocycles. The zero-order valence-corrected chi connectivity index (χ0v) is 73.9. The number of carbonyl (C=O) groups is 7. The van der Waals surface area contributed by atoms with Crippen molar-refractivity contribution in [2.45, 2.75) is 155 Å². The van der Waals surface area contributed by atoms with Crippen molar-refractivity contribution in [3.05, 3.63) is 136 Å². The van der Waals surface area contributed by atoms with E-state index >= 15 is 0 Å². The summed E-state index contributed by atoms with van der Waals surface area (Å²) in [4.78, 5) is 89.1. The van der Waals surface area contributed by atoms with Gasteiger partial charge in [0.2, 0.25) is 0 Å². The monoisotopic (exact) mass is 2190 g/mol. The van der Waals surface area contributed by atoms with Crippen molar-refractivity contribution in [2.75, 3.05) is 11.1 Å². The van der Waals surface area contributed by atoms with Gasteiger partial charge in [-0.05, 0) is 167 Å². The second-order valence-electron chi connectivity index (χ2n) is 23.0. The van der Waals surface area contributed by atoms with Crippen molar-refractivity contribution < 1.29 is 259 Å². The summed E-state index contributed by atoms with van der Waals surface area (Å²) >= 11 is 4.43. The summed E-state index contributed by atoms with van der Waals surface area (Å²) in [6.07, 6.45) is -0.790. The largest absolute Gasteiger partial charge is 0.508 e. The van der Waals surface area contributed by atoms with Crippen molar-refractivity contribution >= 4 is 80.5 Å². The summed E-state index contributed by atoms with van der Waals surface area (Å²) in [5.74, 6) is -1.31. The smallest absolute Gasteiger partial charge is 0.408 e. The van der Waals surface area contributed by atoms with E-state index in [1.165, 1.54) is 35.6 Å². The Morgan fingerprint density at radius 3 is 1.10 bits per heavy atom. The number of hydrogen-bond donors (Lipinski definition) is 10. The number of anilines is 1. The molecule has 0 saturated carbocycles. The third-order valence-electron chi connectivity index (χ3n) is 10.5. The zero-order valence-electron chi connectivity index (χ0n) is 52.5. The van der Waals surface area contributed by atoms with Crippen LogP contribution >= 0.6 is 27.3 Å². The van der Waals surface area contributed by atoms with E-state index in [-0.39, 0.29) is 229 Å². The Labute approximate surface area is 680 Å². The summed E-state index contributed by atoms with van der Waals surface area (Å²) in [7, 11) is 0. The maximum Gasteiger partial charge on any atom is 0.408 e. The number of carboxylic acids is 1. The summed E-state index contributed by atoms with van der Waals surface area (Å²) < 4.78 is 20.6. The van der Waals surface area contributed by atoms with E-state index in [1.54, 1.807) is 135 Å². The van der Waals surface area contributed by atoms with Crippen molar-refractivity contribution in [3.8, 4) is 23.0 Å². The number of halogens is 1. The van der Waals surface area contributed by atoms with Crippen molar-refractivity contribution in [2.24, 2.45) is 0 Å². The number of carbonyl (C=O) groups excluding carboxylic acids is 6. The number of aromatic hydroxyl groups is 4. The van der Waals surface area contributed by atoms with Crippen LogP contribution in [0, 0.1) is 176 Å². The number of nitrogens with one attached hydrogen (secondary N) is 4. The summed E-state index contributed by atoms with van der Waals surface area (Å²) in [6, 6.07) is 22.6. The predicted molar refractivity (Wildman–Crippen MR) is 326 cm³/mol. The van der Waals surface area contributed by atoms with Gasteiger partial charge in [0, 0.05) is 194 Å². The van der Waals surface area contributed by atoms with Gasteiger partial charge >= 0.3 is 36.6 Å². The van der Waals surface area contributed by atoms with Crippen LogP contribution in [0.2, 0.25) is 0 Å². The van der Waals surface area contributed by atoms with E-state index in [0.717, 1.165) is 22.9 Å². The van der Waals surface area contributed by atoms with Crippen molar-refractivity contribution in [1.29, 1.82) is 0 Å². The standard InChI is InChI=1S/C16H21N3O3S.C15H20BrNO4.C15H19N3O4.C14H19NO5.4Ac/c1-16(2,3)22-15(21)19-12(13-9-23-14(17)18-13)8-10-4-6-11(20)7-5-10;1-15(2,3)21-14(20)17-12(13(19)9-16)8-10-4-6-11(18)7-5-10;1-15(2,3)22-14(21)18-12(13(20)9-17-16)8-10-4-6-11(19)7-5-10;1-14(2,3)20-13(19)15-11(12(17)18)8-9-4-6-10(16)7-5-9;;;;/h4-7,9,12,20H,8H2,1-3H3,(H2,17,18)(H,19,21);4-7,12,18H,8-9H2,1-3H3,(H,17,20);4-7,9,12,19H,8H2,1-3H3,(H,18,21);4-7,11,16H,8H2,1-3H3,(H,15,19)(H,17,18);;;;/t3*12-;11-;;;;/m0000..../s1. The maximum absolute atomic E-state index is 12.1. The van der Waals surface area contributed by atoms with Crippen LogP contribution in [0.3, 0.4) is 0 Å². The number of ketones is 2. The number of benzene rings is 4. The number of phenolic OH excluding ortho intramolecular Hbond substituents is 4. The summed E-state index contributed by atoms with van der Waals surface area (Å²) in [6.45, 7) is 20.9. The molecule has 90 heavy (non-hydrogen) atoms. The Hall–Kier alpha value is -2.97. The molecule has 0 unspecified atom stereocenters. The fourth-order valence-corrected chi connectivity index (χ4v) is 7.88. The van der Waals surface area contributed by atoms with Gasteiger partial charge in [0.1, 0.15) is 57.5 Å². The van der Waals surface area contributed by atoms with Gasteiger partial charge in [-0.25, -0.2) is 29.0 Å². The fourth-order valence-electron chi connectivity index (χ4n) is 6.87. The van der Waals surface area contributed by atoms with E-state index in [0.29, 0.717) is 29.2 Å². The molecule has 4 atom stereocenters. The molecule has 11 N–H and O–H groups in total. The van der Waals surface area contributed by atoms with Crippen LogP contribution in [0.5, 0.6) is 23.0 Å². The SMILES string of the molecule is CC(C)(C)OC(=O)N[C@@H](Cc1ccc(O)cc1)C(=O)C=[N+]=[N-].CC(C)(C)OC(=O)N[C@@H](Cc1ccc(O)cc1)C(=O)CBr.CC(C)(C)OC(=O)N[C@@H](Cc1ccc(O)cc1)C(=O)O.CC(C)(C)OC(=O)N[C@@H](Cc1ccc(O)cc1)c1csc(N)n1.[Ac].[Ac].[Ac].[Ac]. The normalized spacial score (nSPS) is 11.9. The number of alkyl carbamates (subject to hydrolysis) is 4. The molecule has 5 aromatic rings. The number of carboxylic acid groups (broad SMARTS) is 1. The van der Waals surface area contributed by atoms with Gasteiger partial charge in [0.15, 0.2) is 10.9 Å². The number of thiazole rings is 1. The minimum absolute atomic E-state index is 0. The summed E-state index contributed by atoms with van der Waals surface area (Å²) in [5.41, 5.74) is 15.5. The Bertz CT molecular complexity index is 3060. The molecule has 24 nitrogen and oxygen atoms in total. The number of hydrogen-bond acceptors (Lipinski definition) is 18. The molecule has 0 spiro atoms. The zero-order chi connectivity index (χ0) is 65.2. The molecule has 4 amide bonds. The Morgan fingerprint density at radius 1 is 0.522 bits per heavy atom. The van der Waals surface area contributed by atoms with Crippen LogP contribution in [0.25, 0.3) is 5.53 Å². The number of rotatable bonds is 18. The Balaban J connectivity index is -0.00000111. The van der Waals surface area contributed by atoms with Gasteiger partial charge in [-0.15, -0.1) is 11.3 Å². The van der Waals surface area contributed by atoms with E-state index in [9.17, 15) is 48.9 Å². The fraction of sp³-hybridized carbons (Fsp3) is 0.417. The molecule has 4 aromatic carbocycles. The van der Waals surface area contributed by atoms with Gasteiger partial charge in [-0.3, -0.25) is 9.59 Å². The van der Waals surface area contributed by atoms with Gasteiger partial charge in [-0.2, -0.15) is 4.79 Å². The second-order valence-corrected chi connectivity index (χ2v) is 24.4. The van der Waals surface area contributed by atoms with Gasteiger partial charge in [0.25, 0.3) is 5.78 Å². The molecule has 0 aliphatic rings. The first kappa shape index (κ1) is 91.2. The summed E-state index contributed by atoms with van der Waals surface area (Å²) in [5, 5.41) is 58.7. The number of Topliss-reactive ketones (excluding diaryl/α,β-unsaturated/α-hetero) is 2. The molecule has 0 fully saturated rings.